The van der Waals surface area contributed by atoms with Gasteiger partial charge in [-0.25, -0.2) is 9.37 Å². The van der Waals surface area contributed by atoms with Crippen molar-refractivity contribution in [3.63, 3.8) is 0 Å². The smallest absolute Gasteiger partial charge is 0.146 e. The summed E-state index contributed by atoms with van der Waals surface area (Å²) >= 11 is 0. The third kappa shape index (κ3) is 1.54. The van der Waals surface area contributed by atoms with E-state index >= 15 is 0 Å². The van der Waals surface area contributed by atoms with Crippen LogP contribution in [0.2, 0.25) is 0 Å². The molecule has 0 aliphatic rings. The first-order chi connectivity index (χ1) is 8.66. The number of benzene rings is 2. The average Bonchev–Trinajstić information content (AvgIpc) is 2.71. The van der Waals surface area contributed by atoms with Crippen LogP contribution < -0.4 is 5.73 Å². The van der Waals surface area contributed by atoms with E-state index in [4.69, 9.17) is 5.73 Å². The van der Waals surface area contributed by atoms with Gasteiger partial charge in [-0.15, -0.1) is 0 Å². The largest absolute Gasteiger partial charge is 0.396 e. The molecule has 18 heavy (non-hydrogen) atoms. The fourth-order valence-corrected chi connectivity index (χ4v) is 2.07. The molecule has 0 amide bonds. The molecule has 0 unspecified atom stereocenters. The molecule has 3 nitrogen and oxygen atoms in total. The molecule has 0 saturated carbocycles. The SMILES string of the molecule is Cn1c(-c2ccc(N)c(F)c2)nc2ccccc21. The number of halogens is 1. The number of fused-ring (bicyclic) bond motifs is 1. The number of hydrogen-bond donors (Lipinski definition) is 1. The van der Waals surface area contributed by atoms with Crippen molar-refractivity contribution >= 4 is 16.7 Å². The van der Waals surface area contributed by atoms with E-state index in [9.17, 15) is 4.39 Å². The Morgan fingerprint density at radius 3 is 2.67 bits per heavy atom. The second kappa shape index (κ2) is 3.84. The van der Waals surface area contributed by atoms with E-state index in [1.165, 1.54) is 6.07 Å². The van der Waals surface area contributed by atoms with Gasteiger partial charge in [0.25, 0.3) is 0 Å². The van der Waals surface area contributed by atoms with Crippen LogP contribution in [0, 0.1) is 5.82 Å². The summed E-state index contributed by atoms with van der Waals surface area (Å²) in [5.41, 5.74) is 8.26. The van der Waals surface area contributed by atoms with Crippen LogP contribution in [0.5, 0.6) is 0 Å². The molecule has 0 spiro atoms. The molecule has 0 aliphatic heterocycles. The lowest BCUT2D eigenvalue weighted by Gasteiger charge is -2.03. The number of nitrogen functional groups attached to an aromatic ring is 1. The summed E-state index contributed by atoms with van der Waals surface area (Å²) in [6, 6.07) is 12.6. The van der Waals surface area contributed by atoms with E-state index in [0.717, 1.165) is 22.4 Å². The lowest BCUT2D eigenvalue weighted by Crippen LogP contribution is -1.95. The highest BCUT2D eigenvalue weighted by Crippen LogP contribution is 2.25. The number of nitrogens with zero attached hydrogens (tertiary/aromatic N) is 2. The maximum Gasteiger partial charge on any atom is 0.146 e. The molecular formula is C14H12FN3. The molecule has 90 valence electrons. The summed E-state index contributed by atoms with van der Waals surface area (Å²) in [4.78, 5) is 4.51. The minimum Gasteiger partial charge on any atom is -0.396 e. The Kier molecular flexibility index (Phi) is 2.30. The molecule has 2 N–H and O–H groups in total. The zero-order valence-corrected chi connectivity index (χ0v) is 9.89. The summed E-state index contributed by atoms with van der Waals surface area (Å²) in [5, 5.41) is 0. The van der Waals surface area contributed by atoms with E-state index in [1.54, 1.807) is 12.1 Å². The van der Waals surface area contributed by atoms with Crippen LogP contribution >= 0.6 is 0 Å². The Balaban J connectivity index is 2.25. The van der Waals surface area contributed by atoms with Gasteiger partial charge in [0.05, 0.1) is 16.7 Å². The third-order valence-corrected chi connectivity index (χ3v) is 3.05. The molecule has 0 bridgehead atoms. The van der Waals surface area contributed by atoms with Crippen molar-refractivity contribution in [1.29, 1.82) is 0 Å². The molecule has 0 saturated heterocycles. The minimum absolute atomic E-state index is 0.150. The fraction of sp³-hybridized carbons (Fsp3) is 0.0714. The first-order valence-electron chi connectivity index (χ1n) is 5.63. The molecule has 2 aromatic carbocycles. The van der Waals surface area contributed by atoms with E-state index < -0.39 is 5.82 Å². The molecular weight excluding hydrogens is 229 g/mol. The van der Waals surface area contributed by atoms with Gasteiger partial charge in [0.1, 0.15) is 11.6 Å². The molecule has 0 radical (unpaired) electrons. The highest BCUT2D eigenvalue weighted by atomic mass is 19.1. The van der Waals surface area contributed by atoms with Crippen molar-refractivity contribution < 1.29 is 4.39 Å². The van der Waals surface area contributed by atoms with Crippen molar-refractivity contribution in [2.24, 2.45) is 7.05 Å². The second-order valence-electron chi connectivity index (χ2n) is 4.22. The Morgan fingerprint density at radius 1 is 1.17 bits per heavy atom. The number of aryl methyl sites for hydroxylation is 1. The monoisotopic (exact) mass is 241 g/mol. The van der Waals surface area contributed by atoms with Gasteiger partial charge >= 0.3 is 0 Å². The summed E-state index contributed by atoms with van der Waals surface area (Å²) < 4.78 is 15.4. The summed E-state index contributed by atoms with van der Waals surface area (Å²) in [6.07, 6.45) is 0. The van der Waals surface area contributed by atoms with Crippen LogP contribution in [0.15, 0.2) is 42.5 Å². The van der Waals surface area contributed by atoms with Gasteiger partial charge in [-0.05, 0) is 30.3 Å². The molecule has 1 aromatic heterocycles. The Labute approximate surface area is 104 Å². The molecule has 4 heteroatoms. The van der Waals surface area contributed by atoms with E-state index in [0.29, 0.717) is 0 Å². The average molecular weight is 241 g/mol. The van der Waals surface area contributed by atoms with E-state index in [1.807, 2.05) is 35.9 Å². The van der Waals surface area contributed by atoms with Crippen LogP contribution in [0.1, 0.15) is 0 Å². The van der Waals surface area contributed by atoms with E-state index in [2.05, 4.69) is 4.98 Å². The van der Waals surface area contributed by atoms with Gasteiger partial charge in [0.15, 0.2) is 0 Å². The molecule has 0 fully saturated rings. The van der Waals surface area contributed by atoms with Crippen molar-refractivity contribution in [2.75, 3.05) is 5.73 Å². The zero-order valence-electron chi connectivity index (χ0n) is 9.89. The third-order valence-electron chi connectivity index (χ3n) is 3.05. The lowest BCUT2D eigenvalue weighted by atomic mass is 10.2. The molecule has 3 aromatic rings. The van der Waals surface area contributed by atoms with Crippen molar-refractivity contribution in [3.05, 3.63) is 48.3 Å². The fourth-order valence-electron chi connectivity index (χ4n) is 2.07. The summed E-state index contributed by atoms with van der Waals surface area (Å²) in [7, 11) is 1.92. The van der Waals surface area contributed by atoms with Crippen molar-refractivity contribution in [2.45, 2.75) is 0 Å². The normalized spacial score (nSPS) is 11.0. The minimum atomic E-state index is -0.417. The first kappa shape index (κ1) is 10.8. The highest BCUT2D eigenvalue weighted by molar-refractivity contribution is 5.80. The second-order valence-corrected chi connectivity index (χ2v) is 4.22. The van der Waals surface area contributed by atoms with Crippen LogP contribution in [0.4, 0.5) is 10.1 Å². The number of nitrogens with two attached hydrogens (primary N) is 1. The number of para-hydroxylation sites is 2. The van der Waals surface area contributed by atoms with Crippen molar-refractivity contribution in [3.8, 4) is 11.4 Å². The standard InChI is InChI=1S/C14H12FN3/c1-18-13-5-3-2-4-12(13)17-14(18)9-6-7-11(16)10(15)8-9/h2-8H,16H2,1H3. The van der Waals surface area contributed by atoms with Crippen LogP contribution in [-0.4, -0.2) is 9.55 Å². The van der Waals surface area contributed by atoms with Crippen LogP contribution in [0.25, 0.3) is 22.4 Å². The van der Waals surface area contributed by atoms with Gasteiger partial charge in [0, 0.05) is 12.6 Å². The molecule has 0 atom stereocenters. The lowest BCUT2D eigenvalue weighted by molar-refractivity contribution is 0.633. The van der Waals surface area contributed by atoms with Crippen molar-refractivity contribution in [1.82, 2.24) is 9.55 Å². The predicted octanol–water partition coefficient (Wildman–Crippen LogP) is 2.96. The van der Waals surface area contributed by atoms with Gasteiger partial charge in [-0.1, -0.05) is 12.1 Å². The number of imidazole rings is 1. The van der Waals surface area contributed by atoms with Gasteiger partial charge in [0.2, 0.25) is 0 Å². The highest BCUT2D eigenvalue weighted by Gasteiger charge is 2.10. The van der Waals surface area contributed by atoms with Gasteiger partial charge < -0.3 is 10.3 Å². The quantitative estimate of drug-likeness (QED) is 0.666. The van der Waals surface area contributed by atoms with Gasteiger partial charge in [-0.3, -0.25) is 0 Å². The maximum atomic E-state index is 13.5. The summed E-state index contributed by atoms with van der Waals surface area (Å²) in [5.74, 6) is 0.314. The number of hydrogen-bond acceptors (Lipinski definition) is 2. The topological polar surface area (TPSA) is 43.8 Å². The van der Waals surface area contributed by atoms with Gasteiger partial charge in [-0.2, -0.15) is 0 Å². The Bertz CT molecular complexity index is 731. The Hall–Kier alpha value is -2.36. The summed E-state index contributed by atoms with van der Waals surface area (Å²) in [6.45, 7) is 0. The molecule has 3 rings (SSSR count). The zero-order chi connectivity index (χ0) is 12.7. The van der Waals surface area contributed by atoms with Crippen LogP contribution in [-0.2, 0) is 7.05 Å². The molecule has 1 heterocycles. The number of rotatable bonds is 1. The first-order valence-corrected chi connectivity index (χ1v) is 5.63. The predicted molar refractivity (Wildman–Crippen MR) is 70.5 cm³/mol. The number of aromatic nitrogens is 2. The Morgan fingerprint density at radius 2 is 1.94 bits per heavy atom. The maximum absolute atomic E-state index is 13.5. The number of anilines is 1. The van der Waals surface area contributed by atoms with E-state index in [-0.39, 0.29) is 5.69 Å². The molecule has 0 aliphatic carbocycles. The van der Waals surface area contributed by atoms with Crippen LogP contribution in [0.3, 0.4) is 0 Å².